The number of benzene rings is 1. The first kappa shape index (κ1) is 20.2. The van der Waals surface area contributed by atoms with Crippen molar-refractivity contribution < 1.29 is 19.1 Å². The highest BCUT2D eigenvalue weighted by molar-refractivity contribution is 6.01. The molecule has 1 N–H and O–H groups in total. The first-order valence-electron chi connectivity index (χ1n) is 12.0. The summed E-state index contributed by atoms with van der Waals surface area (Å²) in [6.07, 6.45) is 4.97. The van der Waals surface area contributed by atoms with Gasteiger partial charge in [0.1, 0.15) is 17.9 Å². The van der Waals surface area contributed by atoms with Gasteiger partial charge in [0, 0.05) is 48.8 Å². The summed E-state index contributed by atoms with van der Waals surface area (Å²) in [7, 11) is 0. The number of carbonyl (C=O) groups excluding carboxylic acids is 2. The lowest BCUT2D eigenvalue weighted by Gasteiger charge is -2.31. The van der Waals surface area contributed by atoms with Crippen molar-refractivity contribution in [3.63, 3.8) is 0 Å². The van der Waals surface area contributed by atoms with Gasteiger partial charge in [-0.15, -0.1) is 0 Å². The molecule has 6 rings (SSSR count). The van der Waals surface area contributed by atoms with E-state index in [9.17, 15) is 9.59 Å². The second kappa shape index (κ2) is 7.89. The van der Waals surface area contributed by atoms with Crippen LogP contribution in [0.4, 0.5) is 0 Å². The van der Waals surface area contributed by atoms with E-state index in [1.807, 2.05) is 18.2 Å². The maximum atomic E-state index is 13.0. The topological polar surface area (TPSA) is 71.1 Å². The standard InChI is InChI=1S/C25H31N3O4/c1-15-5-8-22(24(29)26-15)28-12-16-9-19(6-7-20(16)25(28)30)32-23-4-2-3-21(23)27-10-17-13-31-14-18(17)11-27/h6-7,9,17-18,21-23H,1-5,8,10-14H2,(H,26,29)/t17-,18+,21-,22?,23+/m0/s1. The van der Waals surface area contributed by atoms with Crippen molar-refractivity contribution in [2.24, 2.45) is 11.8 Å². The van der Waals surface area contributed by atoms with Crippen molar-refractivity contribution in [2.75, 3.05) is 26.3 Å². The summed E-state index contributed by atoms with van der Waals surface area (Å²) in [5.41, 5.74) is 2.36. The Balaban J connectivity index is 1.14. The summed E-state index contributed by atoms with van der Waals surface area (Å²) in [6.45, 7) is 8.35. The fraction of sp³-hybridized carbons (Fsp3) is 0.600. The van der Waals surface area contributed by atoms with Crippen molar-refractivity contribution >= 4 is 11.8 Å². The minimum atomic E-state index is -0.428. The zero-order chi connectivity index (χ0) is 21.8. The number of rotatable bonds is 4. The Morgan fingerprint density at radius 2 is 1.91 bits per heavy atom. The van der Waals surface area contributed by atoms with Crippen LogP contribution in [0.5, 0.6) is 5.75 Å². The Labute approximate surface area is 188 Å². The van der Waals surface area contributed by atoms with Gasteiger partial charge in [0.25, 0.3) is 5.91 Å². The zero-order valence-corrected chi connectivity index (χ0v) is 18.4. The summed E-state index contributed by atoms with van der Waals surface area (Å²) in [5, 5.41) is 2.79. The third kappa shape index (κ3) is 3.42. The van der Waals surface area contributed by atoms with Crippen LogP contribution in [-0.4, -0.2) is 66.1 Å². The number of allylic oxidation sites excluding steroid dienone is 1. The highest BCUT2D eigenvalue weighted by Crippen LogP contribution is 2.37. The maximum Gasteiger partial charge on any atom is 0.255 e. The Morgan fingerprint density at radius 3 is 2.69 bits per heavy atom. The van der Waals surface area contributed by atoms with Gasteiger partial charge in [-0.25, -0.2) is 0 Å². The number of hydrogen-bond donors (Lipinski definition) is 1. The minimum absolute atomic E-state index is 0.0659. The van der Waals surface area contributed by atoms with Crippen LogP contribution in [0, 0.1) is 11.8 Å². The molecular weight excluding hydrogens is 406 g/mol. The molecule has 4 heterocycles. The molecule has 1 aliphatic carbocycles. The molecule has 0 radical (unpaired) electrons. The molecular formula is C25H31N3O4. The van der Waals surface area contributed by atoms with E-state index in [1.165, 1.54) is 12.8 Å². The molecule has 4 aliphatic heterocycles. The molecule has 1 unspecified atom stereocenters. The van der Waals surface area contributed by atoms with Crippen molar-refractivity contribution in [1.82, 2.24) is 15.1 Å². The van der Waals surface area contributed by atoms with Gasteiger partial charge in [-0.1, -0.05) is 6.58 Å². The third-order valence-corrected chi connectivity index (χ3v) is 8.05. The number of piperidine rings is 1. The van der Waals surface area contributed by atoms with Crippen LogP contribution in [0.25, 0.3) is 0 Å². The first-order chi connectivity index (χ1) is 15.6. The van der Waals surface area contributed by atoms with E-state index in [-0.39, 0.29) is 17.9 Å². The maximum absolute atomic E-state index is 13.0. The molecule has 0 aromatic heterocycles. The number of nitrogens with zero attached hydrogens (tertiary/aromatic N) is 2. The Kier molecular flexibility index (Phi) is 4.99. The molecule has 1 saturated carbocycles. The minimum Gasteiger partial charge on any atom is -0.489 e. The molecule has 7 nitrogen and oxygen atoms in total. The first-order valence-corrected chi connectivity index (χ1v) is 12.0. The fourth-order valence-corrected chi connectivity index (χ4v) is 6.33. The molecule has 5 aliphatic rings. The zero-order valence-electron chi connectivity index (χ0n) is 18.4. The molecule has 1 aromatic rings. The monoisotopic (exact) mass is 437 g/mol. The van der Waals surface area contributed by atoms with Crippen molar-refractivity contribution in [1.29, 1.82) is 0 Å². The van der Waals surface area contributed by atoms with Gasteiger partial charge >= 0.3 is 0 Å². The number of likely N-dealkylation sites (tertiary alicyclic amines) is 1. The largest absolute Gasteiger partial charge is 0.489 e. The second-order valence-corrected chi connectivity index (χ2v) is 10.1. The number of carbonyl (C=O) groups is 2. The van der Waals surface area contributed by atoms with E-state index < -0.39 is 6.04 Å². The lowest BCUT2D eigenvalue weighted by atomic mass is 10.0. The van der Waals surface area contributed by atoms with Gasteiger partial charge in [-0.2, -0.15) is 0 Å². The molecule has 2 amide bonds. The number of amides is 2. The highest BCUT2D eigenvalue weighted by Gasteiger charge is 2.44. The van der Waals surface area contributed by atoms with Crippen molar-refractivity contribution in [3.8, 4) is 5.75 Å². The molecule has 1 aromatic carbocycles. The van der Waals surface area contributed by atoms with Crippen LogP contribution in [0.3, 0.4) is 0 Å². The highest BCUT2D eigenvalue weighted by atomic mass is 16.5. The van der Waals surface area contributed by atoms with Crippen LogP contribution in [0.15, 0.2) is 30.5 Å². The molecule has 170 valence electrons. The van der Waals surface area contributed by atoms with Crippen molar-refractivity contribution in [2.45, 2.75) is 56.8 Å². The van der Waals surface area contributed by atoms with Gasteiger partial charge in [-0.05, 0) is 55.9 Å². The van der Waals surface area contributed by atoms with Gasteiger partial charge in [-0.3, -0.25) is 14.5 Å². The fourth-order valence-electron chi connectivity index (χ4n) is 6.33. The summed E-state index contributed by atoms with van der Waals surface area (Å²) >= 11 is 0. The molecule has 4 fully saturated rings. The predicted octanol–water partition coefficient (Wildman–Crippen LogP) is 2.31. The molecule has 5 atom stereocenters. The summed E-state index contributed by atoms with van der Waals surface area (Å²) < 4.78 is 12.1. The summed E-state index contributed by atoms with van der Waals surface area (Å²) in [4.78, 5) is 29.7. The molecule has 3 saturated heterocycles. The Hall–Kier alpha value is -2.38. The molecule has 0 spiro atoms. The summed E-state index contributed by atoms with van der Waals surface area (Å²) in [5.74, 6) is 2.00. The summed E-state index contributed by atoms with van der Waals surface area (Å²) in [6, 6.07) is 5.84. The number of fused-ring (bicyclic) bond motifs is 2. The number of hydrogen-bond acceptors (Lipinski definition) is 5. The lowest BCUT2D eigenvalue weighted by molar-refractivity contribution is -0.126. The lowest BCUT2D eigenvalue weighted by Crippen LogP contribution is -2.49. The SMILES string of the molecule is C=C1CCC(N2Cc3cc(O[C@@H]4CCC[C@@H]4N4C[C@H]5COC[C@H]5C4)ccc3C2=O)C(=O)N1. The van der Waals surface area contributed by atoms with Crippen LogP contribution >= 0.6 is 0 Å². The van der Waals surface area contributed by atoms with Crippen LogP contribution in [-0.2, 0) is 16.1 Å². The van der Waals surface area contributed by atoms with E-state index in [1.54, 1.807) is 4.90 Å². The second-order valence-electron chi connectivity index (χ2n) is 10.1. The van der Waals surface area contributed by atoms with E-state index in [0.717, 1.165) is 49.7 Å². The van der Waals surface area contributed by atoms with E-state index in [2.05, 4.69) is 16.8 Å². The van der Waals surface area contributed by atoms with Gasteiger partial charge in [0.2, 0.25) is 5.91 Å². The average Bonchev–Trinajstić information content (AvgIpc) is 3.52. The average molecular weight is 438 g/mol. The van der Waals surface area contributed by atoms with Gasteiger partial charge < -0.3 is 19.7 Å². The number of nitrogens with one attached hydrogen (secondary N) is 1. The molecule has 7 heteroatoms. The molecule has 32 heavy (non-hydrogen) atoms. The van der Waals surface area contributed by atoms with Crippen LogP contribution < -0.4 is 10.1 Å². The van der Waals surface area contributed by atoms with Crippen molar-refractivity contribution in [3.05, 3.63) is 41.6 Å². The van der Waals surface area contributed by atoms with Gasteiger partial charge in [0.15, 0.2) is 0 Å². The Bertz CT molecular complexity index is 951. The molecule has 0 bridgehead atoms. The smallest absolute Gasteiger partial charge is 0.255 e. The predicted molar refractivity (Wildman–Crippen MR) is 118 cm³/mol. The van der Waals surface area contributed by atoms with Gasteiger partial charge in [0.05, 0.1) is 13.2 Å². The quantitative estimate of drug-likeness (QED) is 0.783. The number of ether oxygens (including phenoxy) is 2. The van der Waals surface area contributed by atoms with E-state index >= 15 is 0 Å². The van der Waals surface area contributed by atoms with Crippen LogP contribution in [0.2, 0.25) is 0 Å². The Morgan fingerprint density at radius 1 is 1.09 bits per heavy atom. The third-order valence-electron chi connectivity index (χ3n) is 8.05. The van der Waals surface area contributed by atoms with E-state index in [4.69, 9.17) is 9.47 Å². The van der Waals surface area contributed by atoms with E-state index in [0.29, 0.717) is 42.8 Å². The van der Waals surface area contributed by atoms with Crippen LogP contribution in [0.1, 0.15) is 48.0 Å². The normalized spacial score (nSPS) is 34.7.